The molecule has 1 unspecified atom stereocenters. The summed E-state index contributed by atoms with van der Waals surface area (Å²) in [6, 6.07) is 0.0847. The average molecular weight is 271 g/mol. The fourth-order valence-electron chi connectivity index (χ4n) is 2.06. The van der Waals surface area contributed by atoms with Crippen molar-refractivity contribution in [2.75, 3.05) is 20.1 Å². The van der Waals surface area contributed by atoms with Crippen LogP contribution in [0.15, 0.2) is 0 Å². The summed E-state index contributed by atoms with van der Waals surface area (Å²) in [5.74, 6) is -0.939. The van der Waals surface area contributed by atoms with Crippen LogP contribution in [0.4, 0.5) is 4.79 Å². The lowest BCUT2D eigenvalue weighted by atomic mass is 9.77. The summed E-state index contributed by atoms with van der Waals surface area (Å²) in [6.07, 6.45) is 2.94. The summed E-state index contributed by atoms with van der Waals surface area (Å²) < 4.78 is 0. The second kappa shape index (κ2) is 6.75. The van der Waals surface area contributed by atoms with Crippen LogP contribution in [0, 0.1) is 0 Å². The molecule has 110 valence electrons. The lowest BCUT2D eigenvalue weighted by Gasteiger charge is -2.38. The summed E-state index contributed by atoms with van der Waals surface area (Å²) in [6.45, 7) is 5.52. The number of carbonyl (C=O) groups is 2. The molecule has 0 aromatic rings. The zero-order chi connectivity index (χ0) is 14.5. The maximum atomic E-state index is 11.7. The Morgan fingerprint density at radius 1 is 1.42 bits per heavy atom. The Bertz CT molecular complexity index is 329. The van der Waals surface area contributed by atoms with Crippen molar-refractivity contribution in [1.29, 1.82) is 0 Å². The number of carboxylic acid groups (broad SMARTS) is 1. The molecule has 0 aromatic heterocycles. The van der Waals surface area contributed by atoms with Gasteiger partial charge in [0.1, 0.15) is 5.54 Å². The first kappa shape index (κ1) is 15.8. The van der Waals surface area contributed by atoms with Crippen LogP contribution in [-0.2, 0) is 4.79 Å². The maximum Gasteiger partial charge on any atom is 0.329 e. The third-order valence-electron chi connectivity index (χ3n) is 4.06. The molecule has 1 aliphatic rings. The average Bonchev–Trinajstić information content (AvgIpc) is 2.32. The lowest BCUT2D eigenvalue weighted by molar-refractivity contribution is -0.148. The monoisotopic (exact) mass is 271 g/mol. The molecule has 1 saturated carbocycles. The smallest absolute Gasteiger partial charge is 0.329 e. The van der Waals surface area contributed by atoms with E-state index >= 15 is 0 Å². The van der Waals surface area contributed by atoms with Crippen LogP contribution in [0.3, 0.4) is 0 Å². The standard InChI is InChI=1S/C13H25N3O3/c1-4-10(2)16(3)9-8-14-12(19)15-13(11(17)18)6-5-7-13/h10H,4-9H2,1-3H3,(H,17,18)(H2,14,15,19). The Morgan fingerprint density at radius 3 is 2.47 bits per heavy atom. The van der Waals surface area contributed by atoms with Gasteiger partial charge in [0.05, 0.1) is 0 Å². The minimum absolute atomic E-state index is 0.389. The molecule has 0 bridgehead atoms. The van der Waals surface area contributed by atoms with Crippen molar-refractivity contribution in [3.8, 4) is 0 Å². The number of hydrogen-bond donors (Lipinski definition) is 3. The summed E-state index contributed by atoms with van der Waals surface area (Å²) in [7, 11) is 2.01. The Kier molecular flexibility index (Phi) is 5.60. The van der Waals surface area contributed by atoms with Crippen LogP contribution in [0.25, 0.3) is 0 Å². The van der Waals surface area contributed by atoms with Crippen molar-refractivity contribution < 1.29 is 14.7 Å². The van der Waals surface area contributed by atoms with E-state index in [-0.39, 0.29) is 6.03 Å². The number of amides is 2. The molecule has 2 amide bonds. The second-order valence-corrected chi connectivity index (χ2v) is 5.36. The van der Waals surface area contributed by atoms with Crippen molar-refractivity contribution in [3.63, 3.8) is 0 Å². The van der Waals surface area contributed by atoms with Gasteiger partial charge < -0.3 is 20.6 Å². The number of aliphatic carboxylic acids is 1. The molecule has 1 rings (SSSR count). The van der Waals surface area contributed by atoms with Gasteiger partial charge in [0.2, 0.25) is 0 Å². The molecule has 0 aliphatic heterocycles. The zero-order valence-corrected chi connectivity index (χ0v) is 12.0. The fraction of sp³-hybridized carbons (Fsp3) is 0.846. The Hall–Kier alpha value is -1.30. The largest absolute Gasteiger partial charge is 0.480 e. The van der Waals surface area contributed by atoms with E-state index in [9.17, 15) is 9.59 Å². The number of nitrogens with zero attached hydrogens (tertiary/aromatic N) is 1. The molecule has 6 nitrogen and oxygen atoms in total. The first-order valence-electron chi connectivity index (χ1n) is 6.91. The summed E-state index contributed by atoms with van der Waals surface area (Å²) >= 11 is 0. The van der Waals surface area contributed by atoms with E-state index in [1.165, 1.54) is 0 Å². The van der Waals surface area contributed by atoms with Gasteiger partial charge in [-0.25, -0.2) is 9.59 Å². The fourth-order valence-corrected chi connectivity index (χ4v) is 2.06. The SMILES string of the molecule is CCC(C)N(C)CCNC(=O)NC1(C(=O)O)CCC1. The molecule has 0 saturated heterocycles. The van der Waals surface area contributed by atoms with E-state index in [1.54, 1.807) is 0 Å². The molecule has 1 atom stereocenters. The maximum absolute atomic E-state index is 11.7. The van der Waals surface area contributed by atoms with Crippen LogP contribution in [-0.4, -0.2) is 53.7 Å². The third-order valence-corrected chi connectivity index (χ3v) is 4.06. The van der Waals surface area contributed by atoms with Crippen LogP contribution in [0.1, 0.15) is 39.5 Å². The van der Waals surface area contributed by atoms with Gasteiger partial charge in [-0.15, -0.1) is 0 Å². The van der Waals surface area contributed by atoms with Crippen LogP contribution in [0.2, 0.25) is 0 Å². The minimum Gasteiger partial charge on any atom is -0.480 e. The first-order valence-corrected chi connectivity index (χ1v) is 6.91. The van der Waals surface area contributed by atoms with E-state index in [4.69, 9.17) is 5.11 Å². The van der Waals surface area contributed by atoms with Gasteiger partial charge in [0.15, 0.2) is 0 Å². The molecule has 0 aromatic carbocycles. The van der Waals surface area contributed by atoms with Crippen molar-refractivity contribution in [1.82, 2.24) is 15.5 Å². The number of rotatable bonds is 7. The number of nitrogens with one attached hydrogen (secondary N) is 2. The molecule has 1 aliphatic carbocycles. The number of urea groups is 1. The van der Waals surface area contributed by atoms with E-state index < -0.39 is 11.5 Å². The number of carbonyl (C=O) groups excluding carboxylic acids is 1. The zero-order valence-electron chi connectivity index (χ0n) is 12.0. The normalized spacial score (nSPS) is 18.5. The van der Waals surface area contributed by atoms with Crippen LogP contribution >= 0.6 is 0 Å². The van der Waals surface area contributed by atoms with Gasteiger partial charge in [-0.1, -0.05) is 6.92 Å². The van der Waals surface area contributed by atoms with Gasteiger partial charge in [-0.3, -0.25) is 0 Å². The Morgan fingerprint density at radius 2 is 2.05 bits per heavy atom. The van der Waals surface area contributed by atoms with Crippen molar-refractivity contribution in [2.24, 2.45) is 0 Å². The van der Waals surface area contributed by atoms with E-state index in [0.29, 0.717) is 25.4 Å². The molecule has 0 radical (unpaired) electrons. The summed E-state index contributed by atoms with van der Waals surface area (Å²) in [4.78, 5) is 24.9. The van der Waals surface area contributed by atoms with Crippen molar-refractivity contribution >= 4 is 12.0 Å². The summed E-state index contributed by atoms with van der Waals surface area (Å²) in [5.41, 5.74) is -1.04. The van der Waals surface area contributed by atoms with Gasteiger partial charge in [0, 0.05) is 19.1 Å². The van der Waals surface area contributed by atoms with E-state index in [0.717, 1.165) is 19.4 Å². The predicted octanol–water partition coefficient (Wildman–Crippen LogP) is 1.02. The first-order chi connectivity index (χ1) is 8.91. The predicted molar refractivity (Wildman–Crippen MR) is 73.1 cm³/mol. The molecule has 0 heterocycles. The lowest BCUT2D eigenvalue weighted by Crippen LogP contribution is -2.61. The molecule has 6 heteroatoms. The van der Waals surface area contributed by atoms with Crippen LogP contribution < -0.4 is 10.6 Å². The highest BCUT2D eigenvalue weighted by Crippen LogP contribution is 2.31. The molecule has 0 spiro atoms. The Labute approximate surface area is 114 Å². The van der Waals surface area contributed by atoms with Gasteiger partial charge >= 0.3 is 12.0 Å². The Balaban J connectivity index is 2.27. The molecular weight excluding hydrogens is 246 g/mol. The second-order valence-electron chi connectivity index (χ2n) is 5.36. The molecule has 1 fully saturated rings. The number of hydrogen-bond acceptors (Lipinski definition) is 3. The quantitative estimate of drug-likeness (QED) is 0.646. The third kappa shape index (κ3) is 4.09. The topological polar surface area (TPSA) is 81.7 Å². The number of likely N-dealkylation sites (N-methyl/N-ethyl adjacent to an activating group) is 1. The highest BCUT2D eigenvalue weighted by Gasteiger charge is 2.45. The number of carboxylic acids is 1. The summed E-state index contributed by atoms with van der Waals surface area (Å²) in [5, 5.41) is 14.4. The van der Waals surface area contributed by atoms with Gasteiger partial charge in [-0.2, -0.15) is 0 Å². The van der Waals surface area contributed by atoms with E-state index in [2.05, 4.69) is 29.4 Å². The van der Waals surface area contributed by atoms with E-state index in [1.807, 2.05) is 7.05 Å². The highest BCUT2D eigenvalue weighted by atomic mass is 16.4. The molecular formula is C13H25N3O3. The van der Waals surface area contributed by atoms with Gasteiger partial charge in [-0.05, 0) is 39.7 Å². The highest BCUT2D eigenvalue weighted by molar-refractivity contribution is 5.87. The molecule has 19 heavy (non-hydrogen) atoms. The minimum atomic E-state index is -1.04. The van der Waals surface area contributed by atoms with Crippen molar-refractivity contribution in [2.45, 2.75) is 51.1 Å². The molecule has 3 N–H and O–H groups in total. The van der Waals surface area contributed by atoms with Crippen LogP contribution in [0.5, 0.6) is 0 Å². The van der Waals surface area contributed by atoms with Gasteiger partial charge in [0.25, 0.3) is 0 Å². The van der Waals surface area contributed by atoms with Crippen molar-refractivity contribution in [3.05, 3.63) is 0 Å².